The van der Waals surface area contributed by atoms with Crippen LogP contribution in [0.2, 0.25) is 0 Å². The summed E-state index contributed by atoms with van der Waals surface area (Å²) in [7, 11) is 0. The predicted molar refractivity (Wildman–Crippen MR) is 69.9 cm³/mol. The Balaban J connectivity index is 1.52. The van der Waals surface area contributed by atoms with Gasteiger partial charge in [-0.05, 0) is 24.5 Å². The van der Waals surface area contributed by atoms with E-state index in [4.69, 9.17) is 9.47 Å². The molecule has 6 heteroatoms. The van der Waals surface area contributed by atoms with Crippen LogP contribution in [0.5, 0.6) is 11.5 Å². The highest BCUT2D eigenvalue weighted by molar-refractivity contribution is 5.87. The fourth-order valence-electron chi connectivity index (χ4n) is 2.13. The van der Waals surface area contributed by atoms with Crippen LogP contribution in [0.25, 0.3) is 0 Å². The van der Waals surface area contributed by atoms with Crippen LogP contribution in [0.1, 0.15) is 13.3 Å². The number of amides is 2. The Morgan fingerprint density at radius 2 is 1.80 bits per heavy atom. The van der Waals surface area contributed by atoms with Gasteiger partial charge < -0.3 is 9.47 Å². The van der Waals surface area contributed by atoms with Gasteiger partial charge >= 0.3 is 0 Å². The SMILES string of the molecule is C[C@@H]1C[C@@H]1C(=O)NNC(=O)[C@H]1COc2ccccc2O1. The van der Waals surface area contributed by atoms with Crippen molar-refractivity contribution in [2.45, 2.75) is 19.4 Å². The topological polar surface area (TPSA) is 76.7 Å². The monoisotopic (exact) mass is 276 g/mol. The summed E-state index contributed by atoms with van der Waals surface area (Å²) < 4.78 is 11.0. The summed E-state index contributed by atoms with van der Waals surface area (Å²) in [6.07, 6.45) is 0.111. The molecule has 0 saturated heterocycles. The first-order valence-electron chi connectivity index (χ1n) is 6.63. The molecular formula is C14H16N2O4. The molecule has 1 heterocycles. The van der Waals surface area contributed by atoms with Gasteiger partial charge in [0.05, 0.1) is 0 Å². The lowest BCUT2D eigenvalue weighted by Crippen LogP contribution is -2.51. The predicted octanol–water partition coefficient (Wildman–Crippen LogP) is 0.630. The summed E-state index contributed by atoms with van der Waals surface area (Å²) in [5.41, 5.74) is 4.80. The molecule has 6 nitrogen and oxygen atoms in total. The number of benzene rings is 1. The molecule has 2 amide bonds. The van der Waals surface area contributed by atoms with Gasteiger partial charge in [0.1, 0.15) is 6.61 Å². The number of hydrogen-bond acceptors (Lipinski definition) is 4. The van der Waals surface area contributed by atoms with Crippen molar-refractivity contribution in [3.8, 4) is 11.5 Å². The standard InChI is InChI=1S/C14H16N2O4/c1-8-6-9(8)13(17)15-16-14(18)12-7-19-10-4-2-3-5-11(10)20-12/h2-5,8-9,12H,6-7H2,1H3,(H,15,17)(H,16,18)/t8-,9+,12-/m1/s1. The van der Waals surface area contributed by atoms with Crippen molar-refractivity contribution < 1.29 is 19.1 Å². The maximum atomic E-state index is 11.9. The van der Waals surface area contributed by atoms with Crippen molar-refractivity contribution >= 4 is 11.8 Å². The third-order valence-corrected chi connectivity index (χ3v) is 3.56. The van der Waals surface area contributed by atoms with Crippen LogP contribution in [0, 0.1) is 11.8 Å². The van der Waals surface area contributed by atoms with Crippen molar-refractivity contribution in [1.29, 1.82) is 0 Å². The molecule has 1 aromatic rings. The fraction of sp³-hybridized carbons (Fsp3) is 0.429. The minimum absolute atomic E-state index is 0.0135. The lowest BCUT2D eigenvalue weighted by atomic mass is 10.2. The second-order valence-electron chi connectivity index (χ2n) is 5.16. The normalized spacial score (nSPS) is 26.6. The lowest BCUT2D eigenvalue weighted by molar-refractivity contribution is -0.135. The van der Waals surface area contributed by atoms with E-state index >= 15 is 0 Å². The van der Waals surface area contributed by atoms with Crippen molar-refractivity contribution in [2.75, 3.05) is 6.61 Å². The maximum absolute atomic E-state index is 11.9. The highest BCUT2D eigenvalue weighted by Crippen LogP contribution is 2.37. The van der Waals surface area contributed by atoms with E-state index < -0.39 is 12.0 Å². The molecular weight excluding hydrogens is 260 g/mol. The number of carbonyl (C=O) groups is 2. The van der Waals surface area contributed by atoms with Crippen molar-refractivity contribution in [2.24, 2.45) is 11.8 Å². The molecule has 20 heavy (non-hydrogen) atoms. The molecule has 0 aromatic heterocycles. The quantitative estimate of drug-likeness (QED) is 0.777. The molecule has 1 fully saturated rings. The zero-order valence-electron chi connectivity index (χ0n) is 11.1. The van der Waals surface area contributed by atoms with Gasteiger partial charge in [0, 0.05) is 5.92 Å². The summed E-state index contributed by atoms with van der Waals surface area (Å²) >= 11 is 0. The molecule has 3 rings (SSSR count). The van der Waals surface area contributed by atoms with E-state index in [9.17, 15) is 9.59 Å². The van der Waals surface area contributed by atoms with Gasteiger partial charge in [-0.3, -0.25) is 20.4 Å². The minimum Gasteiger partial charge on any atom is -0.485 e. The number of nitrogens with one attached hydrogen (secondary N) is 2. The van der Waals surface area contributed by atoms with Crippen LogP contribution in [-0.2, 0) is 9.59 Å². The van der Waals surface area contributed by atoms with E-state index in [1.165, 1.54) is 0 Å². The Kier molecular flexibility index (Phi) is 3.22. The molecule has 1 aliphatic heterocycles. The zero-order chi connectivity index (χ0) is 14.1. The number of carbonyl (C=O) groups excluding carboxylic acids is 2. The summed E-state index contributed by atoms with van der Waals surface area (Å²) in [6, 6.07) is 7.15. The molecule has 1 aromatic carbocycles. The van der Waals surface area contributed by atoms with Crippen LogP contribution in [0.3, 0.4) is 0 Å². The number of ether oxygens (including phenoxy) is 2. The number of hydrogen-bond donors (Lipinski definition) is 2. The molecule has 2 aliphatic rings. The summed E-state index contributed by atoms with van der Waals surface area (Å²) in [5.74, 6) is 0.991. The molecule has 106 valence electrons. The van der Waals surface area contributed by atoms with Gasteiger partial charge in [0.15, 0.2) is 11.5 Å². The first-order valence-corrected chi connectivity index (χ1v) is 6.63. The smallest absolute Gasteiger partial charge is 0.283 e. The van der Waals surface area contributed by atoms with Crippen LogP contribution in [0.4, 0.5) is 0 Å². The van der Waals surface area contributed by atoms with E-state index in [-0.39, 0.29) is 18.4 Å². The number of rotatable bonds is 2. The molecule has 0 spiro atoms. The lowest BCUT2D eigenvalue weighted by Gasteiger charge is -2.25. The molecule has 0 bridgehead atoms. The van der Waals surface area contributed by atoms with Crippen LogP contribution < -0.4 is 20.3 Å². The van der Waals surface area contributed by atoms with Crippen LogP contribution >= 0.6 is 0 Å². The molecule has 0 radical (unpaired) electrons. The molecule has 2 N–H and O–H groups in total. The van der Waals surface area contributed by atoms with Gasteiger partial charge in [-0.15, -0.1) is 0 Å². The first-order chi connectivity index (χ1) is 9.65. The van der Waals surface area contributed by atoms with E-state index in [1.54, 1.807) is 18.2 Å². The van der Waals surface area contributed by atoms with Gasteiger partial charge in [0.25, 0.3) is 5.91 Å². The Morgan fingerprint density at radius 3 is 2.50 bits per heavy atom. The molecule has 1 saturated carbocycles. The Labute approximate surface area is 116 Å². The van der Waals surface area contributed by atoms with E-state index in [0.717, 1.165) is 6.42 Å². The van der Waals surface area contributed by atoms with Crippen molar-refractivity contribution in [1.82, 2.24) is 10.9 Å². The fourth-order valence-corrected chi connectivity index (χ4v) is 2.13. The Morgan fingerprint density at radius 1 is 1.15 bits per heavy atom. The maximum Gasteiger partial charge on any atom is 0.283 e. The minimum atomic E-state index is -0.762. The van der Waals surface area contributed by atoms with E-state index in [2.05, 4.69) is 10.9 Å². The van der Waals surface area contributed by atoms with Gasteiger partial charge in [-0.2, -0.15) is 0 Å². The summed E-state index contributed by atoms with van der Waals surface area (Å²) in [6.45, 7) is 2.12. The van der Waals surface area contributed by atoms with Gasteiger partial charge in [-0.25, -0.2) is 0 Å². The first kappa shape index (κ1) is 12.8. The van der Waals surface area contributed by atoms with Crippen LogP contribution in [-0.4, -0.2) is 24.5 Å². The number of para-hydroxylation sites is 2. The second-order valence-corrected chi connectivity index (χ2v) is 5.16. The summed E-state index contributed by atoms with van der Waals surface area (Å²) in [4.78, 5) is 23.5. The largest absolute Gasteiger partial charge is 0.485 e. The highest BCUT2D eigenvalue weighted by Gasteiger charge is 2.39. The van der Waals surface area contributed by atoms with Crippen LogP contribution in [0.15, 0.2) is 24.3 Å². The Bertz CT molecular complexity index is 546. The average Bonchev–Trinajstić information content (AvgIpc) is 3.21. The average molecular weight is 276 g/mol. The molecule has 1 aliphatic carbocycles. The van der Waals surface area contributed by atoms with Gasteiger partial charge in [-0.1, -0.05) is 19.1 Å². The zero-order valence-corrected chi connectivity index (χ0v) is 11.1. The van der Waals surface area contributed by atoms with E-state index in [1.807, 2.05) is 13.0 Å². The third kappa shape index (κ3) is 2.54. The van der Waals surface area contributed by atoms with E-state index in [0.29, 0.717) is 17.4 Å². The van der Waals surface area contributed by atoms with Crippen molar-refractivity contribution in [3.05, 3.63) is 24.3 Å². The number of hydrazine groups is 1. The van der Waals surface area contributed by atoms with Gasteiger partial charge in [0.2, 0.25) is 12.0 Å². The van der Waals surface area contributed by atoms with Crippen molar-refractivity contribution in [3.63, 3.8) is 0 Å². The molecule has 3 atom stereocenters. The summed E-state index contributed by atoms with van der Waals surface area (Å²) in [5, 5.41) is 0. The second kappa shape index (κ2) is 5.03. The Hall–Kier alpha value is -2.24. The highest BCUT2D eigenvalue weighted by atomic mass is 16.6. The number of fused-ring (bicyclic) bond motifs is 1. The third-order valence-electron chi connectivity index (χ3n) is 3.56. The molecule has 0 unspecified atom stereocenters.